The van der Waals surface area contributed by atoms with Crippen molar-refractivity contribution in [3.05, 3.63) is 35.4 Å². The first-order valence-electron chi connectivity index (χ1n) is 5.84. The first-order chi connectivity index (χ1) is 8.60. The molecule has 0 bridgehead atoms. The van der Waals surface area contributed by atoms with Crippen LogP contribution in [-0.2, 0) is 16.1 Å². The van der Waals surface area contributed by atoms with Crippen LogP contribution in [0.1, 0.15) is 11.1 Å². The maximum atomic E-state index is 11.7. The Labute approximate surface area is 108 Å². The summed E-state index contributed by atoms with van der Waals surface area (Å²) in [6.07, 6.45) is 0. The quantitative estimate of drug-likeness (QED) is 0.437. The number of benzene rings is 1. The lowest BCUT2D eigenvalue weighted by atomic mass is 10.1. The van der Waals surface area contributed by atoms with Crippen molar-refractivity contribution in [1.82, 2.24) is 10.3 Å². The zero-order valence-electron chi connectivity index (χ0n) is 11.1. The Hall–Kier alpha value is -1.43. The lowest BCUT2D eigenvalue weighted by molar-refractivity contribution is -0.128. The fourth-order valence-electron chi connectivity index (χ4n) is 1.82. The normalized spacial score (nSPS) is 12.5. The van der Waals surface area contributed by atoms with Crippen molar-refractivity contribution in [1.29, 1.82) is 0 Å². The fraction of sp³-hybridized carbons (Fsp3) is 0.462. The van der Waals surface area contributed by atoms with Crippen molar-refractivity contribution < 1.29 is 9.53 Å². The van der Waals surface area contributed by atoms with Gasteiger partial charge in [0.25, 0.3) is 5.91 Å². The number of carbonyl (C=O) groups excluding carboxylic acids is 1. The molecule has 1 unspecified atom stereocenters. The van der Waals surface area contributed by atoms with Crippen LogP contribution < -0.4 is 11.3 Å². The van der Waals surface area contributed by atoms with Crippen molar-refractivity contribution in [2.45, 2.75) is 19.5 Å². The van der Waals surface area contributed by atoms with Crippen LogP contribution in [0.2, 0.25) is 0 Å². The average Bonchev–Trinajstić information content (AvgIpc) is 2.37. The zero-order valence-corrected chi connectivity index (χ0v) is 11.1. The zero-order chi connectivity index (χ0) is 13.5. The van der Waals surface area contributed by atoms with E-state index < -0.39 is 0 Å². The van der Waals surface area contributed by atoms with Crippen LogP contribution in [0.25, 0.3) is 0 Å². The minimum atomic E-state index is -0.389. The van der Waals surface area contributed by atoms with E-state index in [0.29, 0.717) is 13.2 Å². The molecule has 5 nitrogen and oxygen atoms in total. The Morgan fingerprint density at radius 2 is 2.17 bits per heavy atom. The van der Waals surface area contributed by atoms with Crippen LogP contribution in [0.4, 0.5) is 0 Å². The molecule has 1 aromatic rings. The van der Waals surface area contributed by atoms with Crippen molar-refractivity contribution in [2.75, 3.05) is 20.8 Å². The standard InChI is InChI=1S/C13H21N3O2/c1-10-6-4-5-7-11(10)8-16(2)12(9-18-3)13(17)15-14/h4-7,12H,8-9,14H2,1-3H3,(H,15,17). The molecule has 0 heterocycles. The lowest BCUT2D eigenvalue weighted by Gasteiger charge is -2.26. The summed E-state index contributed by atoms with van der Waals surface area (Å²) >= 11 is 0. The van der Waals surface area contributed by atoms with Gasteiger partial charge in [-0.2, -0.15) is 0 Å². The van der Waals surface area contributed by atoms with Gasteiger partial charge in [0.05, 0.1) is 6.61 Å². The molecule has 5 heteroatoms. The summed E-state index contributed by atoms with van der Waals surface area (Å²) in [6.45, 7) is 3.04. The first-order valence-corrected chi connectivity index (χ1v) is 5.84. The summed E-state index contributed by atoms with van der Waals surface area (Å²) in [7, 11) is 3.45. The second kappa shape index (κ2) is 7.10. The smallest absolute Gasteiger partial charge is 0.253 e. The number of likely N-dealkylation sites (N-methyl/N-ethyl adjacent to an activating group) is 1. The van der Waals surface area contributed by atoms with Crippen LogP contribution in [-0.4, -0.2) is 37.6 Å². The fourth-order valence-corrected chi connectivity index (χ4v) is 1.82. The van der Waals surface area contributed by atoms with E-state index in [1.165, 1.54) is 11.1 Å². The molecule has 1 amide bonds. The molecule has 0 aromatic heterocycles. The van der Waals surface area contributed by atoms with E-state index in [1.54, 1.807) is 7.11 Å². The molecule has 100 valence electrons. The molecule has 0 spiro atoms. The van der Waals surface area contributed by atoms with E-state index in [4.69, 9.17) is 10.6 Å². The highest BCUT2D eigenvalue weighted by Crippen LogP contribution is 2.11. The van der Waals surface area contributed by atoms with Gasteiger partial charge >= 0.3 is 0 Å². The number of nitrogens with one attached hydrogen (secondary N) is 1. The summed E-state index contributed by atoms with van der Waals surface area (Å²) < 4.78 is 5.06. The van der Waals surface area contributed by atoms with E-state index in [1.807, 2.05) is 24.1 Å². The molecule has 1 rings (SSSR count). The van der Waals surface area contributed by atoms with E-state index in [0.717, 1.165) is 0 Å². The predicted molar refractivity (Wildman–Crippen MR) is 70.6 cm³/mol. The number of hydrogen-bond acceptors (Lipinski definition) is 4. The van der Waals surface area contributed by atoms with Gasteiger partial charge in [0.15, 0.2) is 0 Å². The summed E-state index contributed by atoms with van der Waals surface area (Å²) in [4.78, 5) is 13.6. The van der Waals surface area contributed by atoms with E-state index in [-0.39, 0.29) is 11.9 Å². The number of aryl methyl sites for hydroxylation is 1. The molecule has 0 aliphatic heterocycles. The van der Waals surface area contributed by atoms with Gasteiger partial charge in [0.1, 0.15) is 6.04 Å². The van der Waals surface area contributed by atoms with E-state index in [2.05, 4.69) is 24.5 Å². The average molecular weight is 251 g/mol. The molecular formula is C13H21N3O2. The van der Waals surface area contributed by atoms with E-state index >= 15 is 0 Å². The molecule has 0 saturated heterocycles. The Morgan fingerprint density at radius 3 is 2.72 bits per heavy atom. The number of rotatable bonds is 6. The molecule has 0 radical (unpaired) electrons. The van der Waals surface area contributed by atoms with Crippen LogP contribution >= 0.6 is 0 Å². The molecule has 18 heavy (non-hydrogen) atoms. The Balaban J connectivity index is 2.75. The highest BCUT2D eigenvalue weighted by Gasteiger charge is 2.22. The summed E-state index contributed by atoms with van der Waals surface area (Å²) in [5.74, 6) is 4.94. The van der Waals surface area contributed by atoms with Crippen LogP contribution in [0.3, 0.4) is 0 Å². The van der Waals surface area contributed by atoms with Gasteiger partial charge in [-0.3, -0.25) is 15.1 Å². The molecular weight excluding hydrogens is 230 g/mol. The third-order valence-electron chi connectivity index (χ3n) is 2.98. The minimum Gasteiger partial charge on any atom is -0.383 e. The van der Waals surface area contributed by atoms with E-state index in [9.17, 15) is 4.79 Å². The van der Waals surface area contributed by atoms with Crippen molar-refractivity contribution in [3.8, 4) is 0 Å². The van der Waals surface area contributed by atoms with Gasteiger partial charge in [0.2, 0.25) is 0 Å². The number of nitrogens with zero attached hydrogens (tertiary/aromatic N) is 1. The van der Waals surface area contributed by atoms with Crippen LogP contribution in [0.5, 0.6) is 0 Å². The number of methoxy groups -OCH3 is 1. The van der Waals surface area contributed by atoms with Gasteiger partial charge in [-0.05, 0) is 25.1 Å². The van der Waals surface area contributed by atoms with Gasteiger partial charge in [-0.25, -0.2) is 5.84 Å². The van der Waals surface area contributed by atoms with Crippen molar-refractivity contribution in [2.24, 2.45) is 5.84 Å². The van der Waals surface area contributed by atoms with Gasteiger partial charge in [-0.15, -0.1) is 0 Å². The number of amides is 1. The SMILES string of the molecule is COCC(C(=O)NN)N(C)Cc1ccccc1C. The maximum absolute atomic E-state index is 11.7. The summed E-state index contributed by atoms with van der Waals surface area (Å²) in [5, 5.41) is 0. The third-order valence-corrected chi connectivity index (χ3v) is 2.98. The predicted octanol–water partition coefficient (Wildman–Crippen LogP) is 0.432. The molecule has 0 aliphatic rings. The number of ether oxygens (including phenoxy) is 1. The first kappa shape index (κ1) is 14.6. The number of nitrogens with two attached hydrogens (primary N) is 1. The van der Waals surface area contributed by atoms with Gasteiger partial charge in [0, 0.05) is 13.7 Å². The number of hydrogen-bond donors (Lipinski definition) is 2. The van der Waals surface area contributed by atoms with Gasteiger partial charge < -0.3 is 4.74 Å². The molecule has 0 aliphatic carbocycles. The Morgan fingerprint density at radius 1 is 1.50 bits per heavy atom. The minimum absolute atomic E-state index is 0.243. The van der Waals surface area contributed by atoms with Crippen LogP contribution in [0.15, 0.2) is 24.3 Å². The topological polar surface area (TPSA) is 67.6 Å². The molecule has 1 atom stereocenters. The highest BCUT2D eigenvalue weighted by atomic mass is 16.5. The largest absolute Gasteiger partial charge is 0.383 e. The summed E-state index contributed by atoms with van der Waals surface area (Å²) in [5.41, 5.74) is 4.56. The number of hydrazine groups is 1. The monoisotopic (exact) mass is 251 g/mol. The number of carbonyl (C=O) groups is 1. The second-order valence-electron chi connectivity index (χ2n) is 4.32. The van der Waals surface area contributed by atoms with Crippen molar-refractivity contribution >= 4 is 5.91 Å². The molecule has 0 fully saturated rings. The highest BCUT2D eigenvalue weighted by molar-refractivity contribution is 5.81. The second-order valence-corrected chi connectivity index (χ2v) is 4.32. The van der Waals surface area contributed by atoms with Gasteiger partial charge in [-0.1, -0.05) is 24.3 Å². The maximum Gasteiger partial charge on any atom is 0.253 e. The molecule has 3 N–H and O–H groups in total. The molecule has 1 aromatic carbocycles. The summed E-state index contributed by atoms with van der Waals surface area (Å²) in [6, 6.07) is 7.70. The van der Waals surface area contributed by atoms with Crippen LogP contribution in [0, 0.1) is 6.92 Å². The third kappa shape index (κ3) is 3.80. The Bertz CT molecular complexity index is 396. The Kier molecular flexibility index (Phi) is 5.77. The lowest BCUT2D eigenvalue weighted by Crippen LogP contribution is -2.49. The van der Waals surface area contributed by atoms with Crippen molar-refractivity contribution in [3.63, 3.8) is 0 Å². The molecule has 0 saturated carbocycles.